The number of hydrogen-bond acceptors (Lipinski definition) is 4. The summed E-state index contributed by atoms with van der Waals surface area (Å²) in [4.78, 5) is 2.10. The van der Waals surface area contributed by atoms with Crippen molar-refractivity contribution in [1.82, 2.24) is 20.0 Å². The molecule has 5 nitrogen and oxygen atoms in total. The molecule has 2 aromatic rings. The average Bonchev–Trinajstić information content (AvgIpc) is 2.97. The van der Waals surface area contributed by atoms with Crippen molar-refractivity contribution >= 4 is 23.2 Å². The van der Waals surface area contributed by atoms with Gasteiger partial charge in [-0.25, -0.2) is 0 Å². The fourth-order valence-corrected chi connectivity index (χ4v) is 2.56. The zero-order valence-corrected chi connectivity index (χ0v) is 13.2. The highest BCUT2D eigenvalue weighted by molar-refractivity contribution is 6.31. The maximum Gasteiger partial charge on any atom is 0.198 e. The van der Waals surface area contributed by atoms with Crippen LogP contribution in [0.25, 0.3) is 0 Å². The summed E-state index contributed by atoms with van der Waals surface area (Å²) in [6.45, 7) is 1.63. The standard InChI is InChI=1S/C13H18Cl2N4O/c1-16-11(9-4-7-20-13(9)15)12-10(14)8-17-19(12)6-5-18(2)3/h4,7-8,11,16H,5-6H2,1-3H3. The lowest BCUT2D eigenvalue weighted by Gasteiger charge is -2.19. The first-order valence-corrected chi connectivity index (χ1v) is 7.06. The summed E-state index contributed by atoms with van der Waals surface area (Å²) in [7, 11) is 5.90. The van der Waals surface area contributed by atoms with Crippen molar-refractivity contribution in [3.8, 4) is 0 Å². The zero-order valence-electron chi connectivity index (χ0n) is 11.7. The normalized spacial score (nSPS) is 13.1. The highest BCUT2D eigenvalue weighted by Crippen LogP contribution is 2.32. The molecule has 0 radical (unpaired) electrons. The van der Waals surface area contributed by atoms with Crippen molar-refractivity contribution in [2.75, 3.05) is 27.7 Å². The predicted octanol–water partition coefficient (Wildman–Crippen LogP) is 2.65. The van der Waals surface area contributed by atoms with E-state index in [1.165, 1.54) is 0 Å². The van der Waals surface area contributed by atoms with Crippen molar-refractivity contribution < 1.29 is 4.42 Å². The summed E-state index contributed by atoms with van der Waals surface area (Å²) in [5.41, 5.74) is 1.74. The molecule has 0 saturated heterocycles. The van der Waals surface area contributed by atoms with Crippen molar-refractivity contribution in [1.29, 1.82) is 0 Å². The van der Waals surface area contributed by atoms with Crippen LogP contribution in [0, 0.1) is 0 Å². The number of likely N-dealkylation sites (N-methyl/N-ethyl adjacent to an activating group) is 1. The van der Waals surface area contributed by atoms with Crippen LogP contribution >= 0.6 is 23.2 Å². The van der Waals surface area contributed by atoms with Gasteiger partial charge in [0.1, 0.15) is 0 Å². The predicted molar refractivity (Wildman–Crippen MR) is 80.4 cm³/mol. The summed E-state index contributed by atoms with van der Waals surface area (Å²) in [5.74, 6) is 0. The average molecular weight is 317 g/mol. The molecule has 0 aliphatic heterocycles. The molecule has 0 bridgehead atoms. The van der Waals surface area contributed by atoms with Crippen molar-refractivity contribution in [3.05, 3.63) is 40.0 Å². The van der Waals surface area contributed by atoms with E-state index in [0.717, 1.165) is 24.3 Å². The van der Waals surface area contributed by atoms with Gasteiger partial charge in [-0.3, -0.25) is 4.68 Å². The summed E-state index contributed by atoms with van der Waals surface area (Å²) < 4.78 is 7.06. The Morgan fingerprint density at radius 2 is 2.20 bits per heavy atom. The van der Waals surface area contributed by atoms with Gasteiger partial charge in [-0.1, -0.05) is 11.6 Å². The van der Waals surface area contributed by atoms with E-state index in [0.29, 0.717) is 10.2 Å². The molecule has 0 aromatic carbocycles. The van der Waals surface area contributed by atoms with Gasteiger partial charge >= 0.3 is 0 Å². The van der Waals surface area contributed by atoms with Crippen LogP contribution in [-0.4, -0.2) is 42.4 Å². The van der Waals surface area contributed by atoms with Crippen LogP contribution in [0.4, 0.5) is 0 Å². The van der Waals surface area contributed by atoms with E-state index in [2.05, 4.69) is 15.3 Å². The Morgan fingerprint density at radius 3 is 2.75 bits per heavy atom. The molecule has 110 valence electrons. The van der Waals surface area contributed by atoms with Gasteiger partial charge in [0.25, 0.3) is 0 Å². The molecule has 0 spiro atoms. The molecule has 0 aliphatic rings. The van der Waals surface area contributed by atoms with Crippen LogP contribution in [-0.2, 0) is 6.54 Å². The van der Waals surface area contributed by atoms with Crippen molar-refractivity contribution in [2.45, 2.75) is 12.6 Å². The van der Waals surface area contributed by atoms with E-state index in [4.69, 9.17) is 27.6 Å². The third-order valence-electron chi connectivity index (χ3n) is 3.11. The van der Waals surface area contributed by atoms with Crippen LogP contribution in [0.15, 0.2) is 22.9 Å². The summed E-state index contributed by atoms with van der Waals surface area (Å²) in [5, 5.41) is 8.53. The van der Waals surface area contributed by atoms with E-state index in [1.54, 1.807) is 12.5 Å². The first-order valence-electron chi connectivity index (χ1n) is 6.30. The Balaban J connectivity index is 2.34. The summed E-state index contributed by atoms with van der Waals surface area (Å²) in [6, 6.07) is 1.68. The smallest absolute Gasteiger partial charge is 0.198 e. The largest absolute Gasteiger partial charge is 0.453 e. The molecular weight excluding hydrogens is 299 g/mol. The van der Waals surface area contributed by atoms with Gasteiger partial charge in [-0.15, -0.1) is 0 Å². The highest BCUT2D eigenvalue weighted by Gasteiger charge is 2.24. The van der Waals surface area contributed by atoms with Crippen LogP contribution in [0.5, 0.6) is 0 Å². The lowest BCUT2D eigenvalue weighted by Crippen LogP contribution is -2.25. The summed E-state index contributed by atoms with van der Waals surface area (Å²) >= 11 is 12.4. The maximum absolute atomic E-state index is 6.29. The SMILES string of the molecule is CNC(c1ccoc1Cl)c1c(Cl)cnn1CCN(C)C. The second-order valence-electron chi connectivity index (χ2n) is 4.78. The molecule has 0 fully saturated rings. The minimum Gasteiger partial charge on any atom is -0.453 e. The van der Waals surface area contributed by atoms with Gasteiger partial charge in [0.15, 0.2) is 5.22 Å². The number of nitrogens with zero attached hydrogens (tertiary/aromatic N) is 3. The Kier molecular flexibility index (Phi) is 5.10. The molecule has 7 heteroatoms. The fraction of sp³-hybridized carbons (Fsp3) is 0.462. The molecule has 0 saturated carbocycles. The van der Waals surface area contributed by atoms with Crippen LogP contribution in [0.3, 0.4) is 0 Å². The lowest BCUT2D eigenvalue weighted by atomic mass is 10.1. The first kappa shape index (κ1) is 15.4. The Morgan fingerprint density at radius 1 is 1.45 bits per heavy atom. The Hall–Kier alpha value is -1.01. The quantitative estimate of drug-likeness (QED) is 0.890. The molecule has 2 aromatic heterocycles. The van der Waals surface area contributed by atoms with Gasteiger partial charge in [-0.2, -0.15) is 5.10 Å². The number of furan rings is 1. The molecule has 2 rings (SSSR count). The van der Waals surface area contributed by atoms with Gasteiger partial charge in [0.2, 0.25) is 0 Å². The van der Waals surface area contributed by atoms with Crippen LogP contribution in [0.2, 0.25) is 10.2 Å². The minimum absolute atomic E-state index is 0.154. The van der Waals surface area contributed by atoms with E-state index >= 15 is 0 Å². The fourth-order valence-electron chi connectivity index (χ4n) is 2.08. The van der Waals surface area contributed by atoms with E-state index < -0.39 is 0 Å². The number of rotatable bonds is 6. The highest BCUT2D eigenvalue weighted by atomic mass is 35.5. The van der Waals surface area contributed by atoms with Gasteiger partial charge in [0.05, 0.1) is 35.8 Å². The number of halogens is 2. The molecule has 0 aliphatic carbocycles. The Labute approximate surface area is 128 Å². The topological polar surface area (TPSA) is 46.2 Å². The lowest BCUT2D eigenvalue weighted by molar-refractivity contribution is 0.366. The number of nitrogens with one attached hydrogen (secondary N) is 1. The molecule has 0 amide bonds. The number of aromatic nitrogens is 2. The minimum atomic E-state index is -0.154. The maximum atomic E-state index is 6.29. The first-order chi connectivity index (χ1) is 9.54. The van der Waals surface area contributed by atoms with Crippen LogP contribution < -0.4 is 5.32 Å². The van der Waals surface area contributed by atoms with Gasteiger partial charge in [0, 0.05) is 12.1 Å². The Bertz CT molecular complexity index is 564. The molecule has 1 unspecified atom stereocenters. The van der Waals surface area contributed by atoms with Crippen molar-refractivity contribution in [2.24, 2.45) is 0 Å². The molecular formula is C13H18Cl2N4O. The zero-order chi connectivity index (χ0) is 14.7. The summed E-state index contributed by atoms with van der Waals surface area (Å²) in [6.07, 6.45) is 3.22. The van der Waals surface area contributed by atoms with E-state index in [1.807, 2.05) is 31.9 Å². The van der Waals surface area contributed by atoms with Gasteiger partial charge in [-0.05, 0) is 38.8 Å². The van der Waals surface area contributed by atoms with E-state index in [-0.39, 0.29) is 6.04 Å². The van der Waals surface area contributed by atoms with Crippen LogP contribution in [0.1, 0.15) is 17.3 Å². The third kappa shape index (κ3) is 3.17. The second-order valence-corrected chi connectivity index (χ2v) is 5.53. The molecule has 1 atom stereocenters. The monoisotopic (exact) mass is 316 g/mol. The second kappa shape index (κ2) is 6.63. The van der Waals surface area contributed by atoms with Crippen molar-refractivity contribution in [3.63, 3.8) is 0 Å². The number of hydrogen-bond donors (Lipinski definition) is 1. The molecule has 2 heterocycles. The van der Waals surface area contributed by atoms with Gasteiger partial charge < -0.3 is 14.6 Å². The molecule has 1 N–H and O–H groups in total. The molecule has 20 heavy (non-hydrogen) atoms. The third-order valence-corrected chi connectivity index (χ3v) is 3.71. The van der Waals surface area contributed by atoms with E-state index in [9.17, 15) is 0 Å².